The first-order valence-corrected chi connectivity index (χ1v) is 6.26. The van der Waals surface area contributed by atoms with Crippen LogP contribution in [0.25, 0.3) is 0 Å². The smallest absolute Gasteiger partial charge is 0.338 e. The molecule has 9 heteroatoms. The van der Waals surface area contributed by atoms with Gasteiger partial charge >= 0.3 is 11.9 Å². The summed E-state index contributed by atoms with van der Waals surface area (Å²) in [6, 6.07) is 1.39. The summed E-state index contributed by atoms with van der Waals surface area (Å²) in [6.45, 7) is 0. The van der Waals surface area contributed by atoms with E-state index in [9.17, 15) is 19.5 Å². The maximum absolute atomic E-state index is 11.6. The molecular formula is C13H18N4O5. The van der Waals surface area contributed by atoms with Crippen LogP contribution in [0.15, 0.2) is 12.1 Å². The number of benzene rings is 1. The summed E-state index contributed by atoms with van der Waals surface area (Å²) in [5.74, 6) is -2.98. The van der Waals surface area contributed by atoms with Gasteiger partial charge in [-0.1, -0.05) is 0 Å². The van der Waals surface area contributed by atoms with E-state index in [0.717, 1.165) is 7.11 Å². The third-order valence-corrected chi connectivity index (χ3v) is 2.95. The van der Waals surface area contributed by atoms with Crippen LogP contribution in [-0.2, 0) is 14.3 Å². The average molecular weight is 310 g/mol. The Morgan fingerprint density at radius 3 is 2.14 bits per heavy atom. The van der Waals surface area contributed by atoms with Gasteiger partial charge in [0.2, 0.25) is 6.04 Å². The van der Waals surface area contributed by atoms with Crippen molar-refractivity contribution in [2.45, 2.75) is 6.04 Å². The van der Waals surface area contributed by atoms with Crippen LogP contribution in [-0.4, -0.2) is 50.2 Å². The van der Waals surface area contributed by atoms with Gasteiger partial charge in [-0.3, -0.25) is 4.79 Å². The highest BCUT2D eigenvalue weighted by Gasteiger charge is 2.26. The first kappa shape index (κ1) is 17.1. The molecule has 0 fully saturated rings. The molecule has 1 atom stereocenters. The monoisotopic (exact) mass is 310 g/mol. The molecule has 0 aromatic heterocycles. The molecule has 0 aliphatic carbocycles. The summed E-state index contributed by atoms with van der Waals surface area (Å²) in [6.07, 6.45) is 0. The predicted molar refractivity (Wildman–Crippen MR) is 81.1 cm³/mol. The molecule has 120 valence electrons. The van der Waals surface area contributed by atoms with Gasteiger partial charge in [0.25, 0.3) is 5.91 Å². The molecule has 1 rings (SSSR count). The summed E-state index contributed by atoms with van der Waals surface area (Å²) >= 11 is 0. The Balaban J connectivity index is 3.32. The number of carboxylic acids is 1. The van der Waals surface area contributed by atoms with E-state index >= 15 is 0 Å². The molecule has 1 unspecified atom stereocenters. The van der Waals surface area contributed by atoms with Gasteiger partial charge in [0.15, 0.2) is 0 Å². The van der Waals surface area contributed by atoms with E-state index in [1.807, 2.05) is 0 Å². The number of nitrogens with one attached hydrogen (secondary N) is 3. The number of ether oxygens (including phenoxy) is 1. The minimum atomic E-state index is -1.43. The number of rotatable bonds is 7. The van der Waals surface area contributed by atoms with Gasteiger partial charge in [0, 0.05) is 14.1 Å². The summed E-state index contributed by atoms with van der Waals surface area (Å²) < 4.78 is 4.49. The van der Waals surface area contributed by atoms with Crippen LogP contribution >= 0.6 is 0 Å². The molecule has 0 radical (unpaired) electrons. The Labute approximate surface area is 126 Å². The number of aromatic carboxylic acids is 1. The van der Waals surface area contributed by atoms with Crippen molar-refractivity contribution in [3.8, 4) is 0 Å². The topological polar surface area (TPSA) is 143 Å². The first-order chi connectivity index (χ1) is 10.3. The van der Waals surface area contributed by atoms with Crippen molar-refractivity contribution in [1.82, 2.24) is 0 Å². The van der Waals surface area contributed by atoms with E-state index in [0.29, 0.717) is 11.4 Å². The normalized spacial score (nSPS) is 11.2. The second kappa shape index (κ2) is 7.16. The van der Waals surface area contributed by atoms with Crippen molar-refractivity contribution < 1.29 is 24.2 Å². The molecule has 0 bridgehead atoms. The number of carbonyl (C=O) groups is 3. The Kier molecular flexibility index (Phi) is 5.56. The molecule has 6 N–H and O–H groups in total. The number of carboxylic acid groups (broad SMARTS) is 1. The number of methoxy groups -OCH3 is 1. The molecule has 0 aliphatic rings. The van der Waals surface area contributed by atoms with Gasteiger partial charge in [0.05, 0.1) is 29.7 Å². The first-order valence-electron chi connectivity index (χ1n) is 6.26. The van der Waals surface area contributed by atoms with Crippen molar-refractivity contribution in [2.24, 2.45) is 5.73 Å². The molecule has 1 amide bonds. The summed E-state index contributed by atoms with van der Waals surface area (Å²) in [7, 11) is 4.30. The van der Waals surface area contributed by atoms with E-state index in [1.165, 1.54) is 12.1 Å². The molecule has 0 aliphatic heterocycles. The molecule has 0 saturated heterocycles. The molecule has 22 heavy (non-hydrogen) atoms. The number of amides is 1. The van der Waals surface area contributed by atoms with Crippen LogP contribution < -0.4 is 21.7 Å². The number of nitrogens with two attached hydrogens (primary N) is 1. The zero-order valence-corrected chi connectivity index (χ0v) is 12.4. The van der Waals surface area contributed by atoms with Crippen molar-refractivity contribution in [2.75, 3.05) is 37.2 Å². The van der Waals surface area contributed by atoms with Crippen molar-refractivity contribution >= 4 is 34.9 Å². The predicted octanol–water partition coefficient (Wildman–Crippen LogP) is -0.0930. The molecule has 0 saturated carbocycles. The largest absolute Gasteiger partial charge is 0.478 e. The number of hydrogen-bond donors (Lipinski definition) is 5. The van der Waals surface area contributed by atoms with Gasteiger partial charge in [-0.25, -0.2) is 9.59 Å². The molecule has 1 aromatic rings. The molecule has 0 spiro atoms. The lowest BCUT2D eigenvalue weighted by atomic mass is 10.1. The Morgan fingerprint density at radius 2 is 1.73 bits per heavy atom. The third kappa shape index (κ3) is 3.57. The zero-order valence-electron chi connectivity index (χ0n) is 12.4. The fourth-order valence-electron chi connectivity index (χ4n) is 1.83. The summed E-state index contributed by atoms with van der Waals surface area (Å²) in [5.41, 5.74) is 6.20. The van der Waals surface area contributed by atoms with Crippen LogP contribution in [0.2, 0.25) is 0 Å². The Bertz CT molecular complexity index is 602. The highest BCUT2D eigenvalue weighted by Crippen LogP contribution is 2.30. The fraction of sp³-hybridized carbons (Fsp3) is 0.308. The lowest BCUT2D eigenvalue weighted by Gasteiger charge is -2.19. The van der Waals surface area contributed by atoms with Gasteiger partial charge in [-0.15, -0.1) is 0 Å². The highest BCUT2D eigenvalue weighted by molar-refractivity contribution is 6.05. The number of carbonyl (C=O) groups excluding carboxylic acids is 2. The molecule has 9 nitrogen and oxygen atoms in total. The minimum Gasteiger partial charge on any atom is -0.478 e. The minimum absolute atomic E-state index is 0.0305. The maximum Gasteiger partial charge on any atom is 0.338 e. The van der Waals surface area contributed by atoms with Crippen molar-refractivity contribution in [1.29, 1.82) is 0 Å². The molecular weight excluding hydrogens is 292 g/mol. The van der Waals surface area contributed by atoms with Gasteiger partial charge < -0.3 is 31.5 Å². The highest BCUT2D eigenvalue weighted by atomic mass is 16.5. The van der Waals surface area contributed by atoms with Crippen molar-refractivity contribution in [3.05, 3.63) is 17.7 Å². The van der Waals surface area contributed by atoms with E-state index in [1.54, 1.807) is 14.1 Å². The SMILES string of the molecule is CNc1cc(NC)c(C(=O)O)cc1NC(C(N)=O)C(=O)OC. The third-order valence-electron chi connectivity index (χ3n) is 2.95. The molecule has 1 aromatic carbocycles. The Morgan fingerprint density at radius 1 is 1.14 bits per heavy atom. The van der Waals surface area contributed by atoms with E-state index in [-0.39, 0.29) is 11.3 Å². The average Bonchev–Trinajstić information content (AvgIpc) is 2.50. The number of anilines is 3. The second-order valence-corrected chi connectivity index (χ2v) is 4.25. The summed E-state index contributed by atoms with van der Waals surface area (Å²) in [4.78, 5) is 34.2. The lowest BCUT2D eigenvalue weighted by molar-refractivity contribution is -0.144. The van der Waals surface area contributed by atoms with Crippen LogP contribution in [0.3, 0.4) is 0 Å². The van der Waals surface area contributed by atoms with Crippen LogP contribution in [0, 0.1) is 0 Å². The number of esters is 1. The van der Waals surface area contributed by atoms with E-state index in [4.69, 9.17) is 5.73 Å². The van der Waals surface area contributed by atoms with Gasteiger partial charge in [-0.2, -0.15) is 0 Å². The Hall–Kier alpha value is -2.97. The summed E-state index contributed by atoms with van der Waals surface area (Å²) in [5, 5.41) is 17.4. The fourth-order valence-corrected chi connectivity index (χ4v) is 1.83. The lowest BCUT2D eigenvalue weighted by Crippen LogP contribution is -2.43. The van der Waals surface area contributed by atoms with Crippen LogP contribution in [0.1, 0.15) is 10.4 Å². The second-order valence-electron chi connectivity index (χ2n) is 4.25. The van der Waals surface area contributed by atoms with Gasteiger partial charge in [0.1, 0.15) is 0 Å². The standard InChI is InChI=1S/C13H18N4O5/c1-15-7-5-8(16-2)9(4-6(7)12(19)20)17-10(11(14)18)13(21)22-3/h4-5,10,15-17H,1-3H3,(H2,14,18)(H,19,20). The number of hydrogen-bond acceptors (Lipinski definition) is 7. The van der Waals surface area contributed by atoms with E-state index in [2.05, 4.69) is 20.7 Å². The molecule has 0 heterocycles. The van der Waals surface area contributed by atoms with Crippen LogP contribution in [0.5, 0.6) is 0 Å². The van der Waals surface area contributed by atoms with Crippen LogP contribution in [0.4, 0.5) is 17.1 Å². The van der Waals surface area contributed by atoms with Crippen molar-refractivity contribution in [3.63, 3.8) is 0 Å². The van der Waals surface area contributed by atoms with E-state index < -0.39 is 23.9 Å². The number of primary amides is 1. The zero-order chi connectivity index (χ0) is 16.9. The van der Waals surface area contributed by atoms with Gasteiger partial charge in [-0.05, 0) is 12.1 Å². The maximum atomic E-state index is 11.6. The quantitative estimate of drug-likeness (QED) is 0.347.